The van der Waals surface area contributed by atoms with Gasteiger partial charge in [-0.25, -0.2) is 0 Å². The molecule has 0 bridgehead atoms. The number of rotatable bonds is 5. The molecule has 1 aliphatic heterocycles. The fourth-order valence-electron chi connectivity index (χ4n) is 3.61. The van der Waals surface area contributed by atoms with Crippen LogP contribution < -0.4 is 4.74 Å². The van der Waals surface area contributed by atoms with Crippen molar-refractivity contribution in [3.05, 3.63) is 64.1 Å². The van der Waals surface area contributed by atoms with Crippen LogP contribution in [-0.4, -0.2) is 48.1 Å². The zero-order valence-electron chi connectivity index (χ0n) is 16.9. The normalized spacial score (nSPS) is 14.9. The number of carbonyl (C=O) groups excluding carboxylic acids is 2. The minimum absolute atomic E-state index is 0.00310. The number of ether oxygens (including phenoxy) is 1. The Labute approximate surface area is 186 Å². The highest BCUT2D eigenvalue weighted by Gasteiger charge is 2.33. The summed E-state index contributed by atoms with van der Waals surface area (Å²) in [6, 6.07) is 12.9. The molecule has 0 unspecified atom stereocenters. The molecule has 0 spiro atoms. The van der Waals surface area contributed by atoms with Crippen molar-refractivity contribution in [1.29, 1.82) is 0 Å². The highest BCUT2D eigenvalue weighted by Crippen LogP contribution is 2.28. The summed E-state index contributed by atoms with van der Waals surface area (Å²) in [6.07, 6.45) is -3.79. The lowest BCUT2D eigenvalue weighted by atomic mass is 9.94. The Morgan fingerprint density at radius 1 is 1.10 bits per heavy atom. The van der Waals surface area contributed by atoms with Gasteiger partial charge in [-0.2, -0.15) is 0 Å². The Balaban J connectivity index is 1.57. The predicted molar refractivity (Wildman–Crippen MR) is 112 cm³/mol. The van der Waals surface area contributed by atoms with Crippen LogP contribution in [0.4, 0.5) is 13.2 Å². The first-order valence-electron chi connectivity index (χ1n) is 9.77. The molecule has 5 nitrogen and oxygen atoms in total. The molecule has 1 saturated heterocycles. The number of carbonyl (C=O) groups is 2. The molecule has 2 amide bonds. The van der Waals surface area contributed by atoms with Gasteiger partial charge in [-0.15, -0.1) is 13.2 Å². The van der Waals surface area contributed by atoms with Crippen LogP contribution >= 0.6 is 15.9 Å². The number of alkyl halides is 3. The molecule has 3 rings (SSSR count). The Morgan fingerprint density at radius 2 is 1.71 bits per heavy atom. The molecule has 0 radical (unpaired) electrons. The Bertz CT molecular complexity index is 926. The molecule has 2 aromatic carbocycles. The Morgan fingerprint density at radius 3 is 2.32 bits per heavy atom. The van der Waals surface area contributed by atoms with Gasteiger partial charge < -0.3 is 14.5 Å². The van der Waals surface area contributed by atoms with Gasteiger partial charge in [-0.3, -0.25) is 9.59 Å². The van der Waals surface area contributed by atoms with E-state index < -0.39 is 6.36 Å². The summed E-state index contributed by atoms with van der Waals surface area (Å²) >= 11 is 3.34. The molecular formula is C22H22BrF3N2O3. The van der Waals surface area contributed by atoms with Gasteiger partial charge in [-0.05, 0) is 43.2 Å². The molecule has 0 N–H and O–H groups in total. The first-order chi connectivity index (χ1) is 14.6. The number of halogens is 4. The average Bonchev–Trinajstić information content (AvgIpc) is 2.74. The molecule has 1 aliphatic rings. The van der Waals surface area contributed by atoms with E-state index in [1.54, 1.807) is 42.3 Å². The third kappa shape index (κ3) is 6.22. The molecule has 1 heterocycles. The molecule has 166 valence electrons. The molecule has 0 aliphatic carbocycles. The number of piperidine rings is 1. The van der Waals surface area contributed by atoms with Crippen LogP contribution in [0, 0.1) is 5.92 Å². The number of para-hydroxylation sites is 1. The monoisotopic (exact) mass is 498 g/mol. The van der Waals surface area contributed by atoms with Crippen LogP contribution in [0.2, 0.25) is 0 Å². The van der Waals surface area contributed by atoms with E-state index in [2.05, 4.69) is 20.7 Å². The van der Waals surface area contributed by atoms with Gasteiger partial charge in [0.05, 0.1) is 0 Å². The highest BCUT2D eigenvalue weighted by atomic mass is 79.9. The minimum atomic E-state index is -4.80. The summed E-state index contributed by atoms with van der Waals surface area (Å²) in [4.78, 5) is 28.6. The van der Waals surface area contributed by atoms with E-state index in [-0.39, 0.29) is 35.6 Å². The minimum Gasteiger partial charge on any atom is -0.405 e. The van der Waals surface area contributed by atoms with Gasteiger partial charge in [-0.1, -0.05) is 34.1 Å². The maximum Gasteiger partial charge on any atom is 0.573 e. The summed E-state index contributed by atoms with van der Waals surface area (Å²) in [5, 5.41) is 0. The Kier molecular flexibility index (Phi) is 7.25. The molecule has 2 aromatic rings. The summed E-state index contributed by atoms with van der Waals surface area (Å²) < 4.78 is 42.8. The van der Waals surface area contributed by atoms with Gasteiger partial charge in [0.25, 0.3) is 5.91 Å². The highest BCUT2D eigenvalue weighted by molar-refractivity contribution is 9.10. The maximum atomic E-state index is 12.8. The summed E-state index contributed by atoms with van der Waals surface area (Å²) in [5.41, 5.74) is 0.866. The number of nitrogens with zero attached hydrogens (tertiary/aromatic N) is 2. The lowest BCUT2D eigenvalue weighted by molar-refractivity contribution is -0.275. The van der Waals surface area contributed by atoms with Gasteiger partial charge in [0, 0.05) is 48.2 Å². The van der Waals surface area contributed by atoms with Crippen LogP contribution in [0.5, 0.6) is 5.75 Å². The van der Waals surface area contributed by atoms with Gasteiger partial charge >= 0.3 is 6.36 Å². The van der Waals surface area contributed by atoms with Crippen molar-refractivity contribution in [2.24, 2.45) is 5.92 Å². The van der Waals surface area contributed by atoms with E-state index in [1.807, 2.05) is 0 Å². The standard InChI is InChI=1S/C22H22BrF3N2O3/c1-27(14-17-4-2-3-5-19(17)31-22(24,25)26)20(29)16-10-12-28(13-11-16)21(30)15-6-8-18(23)9-7-15/h2-9,16H,10-14H2,1H3. The number of hydrogen-bond acceptors (Lipinski definition) is 3. The molecule has 1 fully saturated rings. The number of hydrogen-bond donors (Lipinski definition) is 0. The van der Waals surface area contributed by atoms with Crippen molar-refractivity contribution in [1.82, 2.24) is 9.80 Å². The quantitative estimate of drug-likeness (QED) is 0.591. The molecule has 0 saturated carbocycles. The maximum absolute atomic E-state index is 12.8. The van der Waals surface area contributed by atoms with Crippen LogP contribution in [0.1, 0.15) is 28.8 Å². The first-order valence-corrected chi connectivity index (χ1v) is 10.6. The van der Waals surface area contributed by atoms with Crippen molar-refractivity contribution in [2.45, 2.75) is 25.7 Å². The second-order valence-corrected chi connectivity index (χ2v) is 8.34. The van der Waals surface area contributed by atoms with Crippen molar-refractivity contribution < 1.29 is 27.5 Å². The third-order valence-electron chi connectivity index (χ3n) is 5.20. The van der Waals surface area contributed by atoms with E-state index in [0.717, 1.165) is 4.47 Å². The van der Waals surface area contributed by atoms with Gasteiger partial charge in [0.1, 0.15) is 5.75 Å². The van der Waals surface area contributed by atoms with Crippen molar-refractivity contribution in [3.8, 4) is 5.75 Å². The van der Waals surface area contributed by atoms with Crippen LogP contribution in [0.3, 0.4) is 0 Å². The van der Waals surface area contributed by atoms with Crippen LogP contribution in [0.25, 0.3) is 0 Å². The SMILES string of the molecule is CN(Cc1ccccc1OC(F)(F)F)C(=O)C1CCN(C(=O)c2ccc(Br)cc2)CC1. The van der Waals surface area contributed by atoms with Gasteiger partial charge in [0.2, 0.25) is 5.91 Å². The number of benzene rings is 2. The third-order valence-corrected chi connectivity index (χ3v) is 5.73. The zero-order valence-corrected chi connectivity index (χ0v) is 18.4. The van der Waals surface area contributed by atoms with Crippen LogP contribution in [0.15, 0.2) is 53.0 Å². The summed E-state index contributed by atoms with van der Waals surface area (Å²) in [5.74, 6) is -0.832. The lowest BCUT2D eigenvalue weighted by Gasteiger charge is -2.33. The second-order valence-electron chi connectivity index (χ2n) is 7.42. The van der Waals surface area contributed by atoms with E-state index in [1.165, 1.54) is 23.1 Å². The molecule has 9 heteroatoms. The molecular weight excluding hydrogens is 477 g/mol. The number of amides is 2. The molecule has 31 heavy (non-hydrogen) atoms. The fourth-order valence-corrected chi connectivity index (χ4v) is 3.87. The molecule has 0 aromatic heterocycles. The van der Waals surface area contributed by atoms with Crippen molar-refractivity contribution >= 4 is 27.7 Å². The summed E-state index contributed by atoms with van der Waals surface area (Å²) in [6.45, 7) is 0.906. The average molecular weight is 499 g/mol. The largest absolute Gasteiger partial charge is 0.573 e. The smallest absolute Gasteiger partial charge is 0.405 e. The van der Waals surface area contributed by atoms with E-state index >= 15 is 0 Å². The second kappa shape index (κ2) is 9.72. The van der Waals surface area contributed by atoms with Crippen molar-refractivity contribution in [2.75, 3.05) is 20.1 Å². The topological polar surface area (TPSA) is 49.9 Å². The van der Waals surface area contributed by atoms with Crippen LogP contribution in [-0.2, 0) is 11.3 Å². The number of likely N-dealkylation sites (tertiary alicyclic amines) is 1. The van der Waals surface area contributed by atoms with Gasteiger partial charge in [0.15, 0.2) is 0 Å². The first kappa shape index (κ1) is 23.1. The van der Waals surface area contributed by atoms with E-state index in [9.17, 15) is 22.8 Å². The Hall–Kier alpha value is -2.55. The summed E-state index contributed by atoms with van der Waals surface area (Å²) in [7, 11) is 1.56. The predicted octanol–water partition coefficient (Wildman–Crippen LogP) is 4.86. The lowest BCUT2D eigenvalue weighted by Crippen LogP contribution is -2.43. The van der Waals surface area contributed by atoms with E-state index in [4.69, 9.17) is 0 Å². The zero-order chi connectivity index (χ0) is 22.6. The van der Waals surface area contributed by atoms with Crippen molar-refractivity contribution in [3.63, 3.8) is 0 Å². The van der Waals surface area contributed by atoms with E-state index in [0.29, 0.717) is 31.5 Å². The molecule has 0 atom stereocenters. The fraction of sp³-hybridized carbons (Fsp3) is 0.364.